The predicted molar refractivity (Wildman–Crippen MR) is 106 cm³/mol. The smallest absolute Gasteiger partial charge is 0.260 e. The van der Waals surface area contributed by atoms with Crippen LogP contribution < -0.4 is 14.4 Å². The molecule has 1 amide bonds. The summed E-state index contributed by atoms with van der Waals surface area (Å²) in [5.74, 6) is 0.821. The second-order valence-corrected chi connectivity index (χ2v) is 6.78. The molecule has 1 aromatic carbocycles. The summed E-state index contributed by atoms with van der Waals surface area (Å²) in [5, 5.41) is 4.67. The molecule has 3 aromatic rings. The van der Waals surface area contributed by atoms with Gasteiger partial charge < -0.3 is 14.4 Å². The fraction of sp³-hybridized carbons (Fsp3) is 0.250. The molecule has 7 nitrogen and oxygen atoms in total. The molecular formula is C20H19ClN4O3. The van der Waals surface area contributed by atoms with E-state index in [0.29, 0.717) is 28.8 Å². The standard InChI is InChI=1S/C20H19ClN4O3/c1-4-24-11-15(9-23-24)25-10-14-5-12(6-16(21)18(14)20(25)26)13-7-17(27-2)19(28-3)22-8-13/h5-9,11H,4,10H2,1-3H3. The molecule has 1 aliphatic heterocycles. The lowest BCUT2D eigenvalue weighted by Gasteiger charge is -2.12. The van der Waals surface area contributed by atoms with Crippen LogP contribution in [0.4, 0.5) is 5.69 Å². The number of ether oxygens (including phenoxy) is 2. The van der Waals surface area contributed by atoms with Crippen LogP contribution in [0.1, 0.15) is 22.8 Å². The van der Waals surface area contributed by atoms with E-state index < -0.39 is 0 Å². The van der Waals surface area contributed by atoms with Gasteiger partial charge in [-0.1, -0.05) is 11.6 Å². The van der Waals surface area contributed by atoms with E-state index in [9.17, 15) is 4.79 Å². The molecule has 0 radical (unpaired) electrons. The van der Waals surface area contributed by atoms with Crippen LogP contribution in [-0.4, -0.2) is 34.9 Å². The SMILES string of the molecule is CCn1cc(N2Cc3cc(-c4cnc(OC)c(OC)c4)cc(Cl)c3C2=O)cn1. The number of amides is 1. The van der Waals surface area contributed by atoms with Gasteiger partial charge in [-0.2, -0.15) is 5.10 Å². The van der Waals surface area contributed by atoms with Crippen LogP contribution in [0.15, 0.2) is 36.8 Å². The molecule has 0 bridgehead atoms. The molecule has 0 aliphatic carbocycles. The van der Waals surface area contributed by atoms with Gasteiger partial charge in [0, 0.05) is 24.5 Å². The second-order valence-electron chi connectivity index (χ2n) is 6.37. The summed E-state index contributed by atoms with van der Waals surface area (Å²) in [6.45, 7) is 3.18. The van der Waals surface area contributed by atoms with Crippen molar-refractivity contribution in [1.82, 2.24) is 14.8 Å². The van der Waals surface area contributed by atoms with E-state index in [-0.39, 0.29) is 5.91 Å². The maximum atomic E-state index is 12.9. The zero-order valence-electron chi connectivity index (χ0n) is 15.8. The molecule has 0 N–H and O–H groups in total. The van der Waals surface area contributed by atoms with Gasteiger partial charge in [0.2, 0.25) is 0 Å². The van der Waals surface area contributed by atoms with Crippen molar-refractivity contribution in [2.24, 2.45) is 0 Å². The van der Waals surface area contributed by atoms with Gasteiger partial charge in [0.25, 0.3) is 11.8 Å². The first-order valence-corrected chi connectivity index (χ1v) is 9.18. The highest BCUT2D eigenvalue weighted by atomic mass is 35.5. The van der Waals surface area contributed by atoms with E-state index in [2.05, 4.69) is 10.1 Å². The van der Waals surface area contributed by atoms with E-state index in [4.69, 9.17) is 21.1 Å². The molecule has 0 saturated heterocycles. The van der Waals surface area contributed by atoms with E-state index >= 15 is 0 Å². The molecular weight excluding hydrogens is 380 g/mol. The highest BCUT2D eigenvalue weighted by molar-refractivity contribution is 6.35. The summed E-state index contributed by atoms with van der Waals surface area (Å²) in [4.78, 5) is 18.9. The summed E-state index contributed by atoms with van der Waals surface area (Å²) >= 11 is 6.49. The van der Waals surface area contributed by atoms with Gasteiger partial charge in [-0.25, -0.2) is 4.98 Å². The minimum Gasteiger partial charge on any atom is -0.491 e. The van der Waals surface area contributed by atoms with Gasteiger partial charge in [0.1, 0.15) is 0 Å². The molecule has 144 valence electrons. The Kier molecular flexibility index (Phi) is 4.68. The Hall–Kier alpha value is -3.06. The number of methoxy groups -OCH3 is 2. The molecule has 28 heavy (non-hydrogen) atoms. The first-order chi connectivity index (χ1) is 13.5. The summed E-state index contributed by atoms with van der Waals surface area (Å²) in [6.07, 6.45) is 5.25. The number of nitrogens with zero attached hydrogens (tertiary/aromatic N) is 4. The lowest BCUT2D eigenvalue weighted by atomic mass is 10.0. The van der Waals surface area contributed by atoms with Crippen molar-refractivity contribution in [2.75, 3.05) is 19.1 Å². The minimum absolute atomic E-state index is 0.118. The van der Waals surface area contributed by atoms with Crippen molar-refractivity contribution in [2.45, 2.75) is 20.0 Å². The Balaban J connectivity index is 1.72. The average molecular weight is 399 g/mol. The lowest BCUT2D eigenvalue weighted by Crippen LogP contribution is -2.22. The first kappa shape index (κ1) is 18.3. The van der Waals surface area contributed by atoms with Crippen LogP contribution in [0.5, 0.6) is 11.6 Å². The number of halogens is 1. The Morgan fingerprint density at radius 3 is 2.64 bits per heavy atom. The van der Waals surface area contributed by atoms with Gasteiger partial charge in [-0.15, -0.1) is 0 Å². The Morgan fingerprint density at radius 2 is 1.96 bits per heavy atom. The summed E-state index contributed by atoms with van der Waals surface area (Å²) in [6, 6.07) is 5.58. The third kappa shape index (κ3) is 2.97. The van der Waals surface area contributed by atoms with Crippen molar-refractivity contribution >= 4 is 23.2 Å². The lowest BCUT2D eigenvalue weighted by molar-refractivity contribution is 0.0996. The van der Waals surface area contributed by atoms with E-state index in [1.807, 2.05) is 25.3 Å². The molecule has 3 heterocycles. The van der Waals surface area contributed by atoms with E-state index in [1.165, 1.54) is 7.11 Å². The number of benzene rings is 1. The van der Waals surface area contributed by atoms with Gasteiger partial charge in [-0.05, 0) is 36.2 Å². The van der Waals surface area contributed by atoms with Crippen LogP contribution >= 0.6 is 11.6 Å². The average Bonchev–Trinajstić information content (AvgIpc) is 3.31. The van der Waals surface area contributed by atoms with Crippen molar-refractivity contribution in [3.8, 4) is 22.8 Å². The number of anilines is 1. The van der Waals surface area contributed by atoms with Gasteiger partial charge >= 0.3 is 0 Å². The first-order valence-electron chi connectivity index (χ1n) is 8.80. The maximum Gasteiger partial charge on any atom is 0.260 e. The summed E-state index contributed by atoms with van der Waals surface area (Å²) in [7, 11) is 3.10. The highest BCUT2D eigenvalue weighted by Crippen LogP contribution is 2.37. The molecule has 4 rings (SSSR count). The van der Waals surface area contributed by atoms with Crippen molar-refractivity contribution < 1.29 is 14.3 Å². The van der Waals surface area contributed by atoms with Crippen LogP contribution in [0.25, 0.3) is 11.1 Å². The molecule has 1 aliphatic rings. The fourth-order valence-corrected chi connectivity index (χ4v) is 3.65. The van der Waals surface area contributed by atoms with Gasteiger partial charge in [0.15, 0.2) is 5.75 Å². The van der Waals surface area contributed by atoms with Crippen LogP contribution in [0.3, 0.4) is 0 Å². The number of hydrogen-bond acceptors (Lipinski definition) is 5. The van der Waals surface area contributed by atoms with Crippen molar-refractivity contribution in [3.05, 3.63) is 52.9 Å². The largest absolute Gasteiger partial charge is 0.491 e. The predicted octanol–water partition coefficient (Wildman–Crippen LogP) is 3.80. The quantitative estimate of drug-likeness (QED) is 0.653. The summed E-state index contributed by atoms with van der Waals surface area (Å²) in [5.41, 5.74) is 3.84. The zero-order valence-corrected chi connectivity index (χ0v) is 16.5. The number of pyridine rings is 1. The third-order valence-corrected chi connectivity index (χ3v) is 5.08. The monoisotopic (exact) mass is 398 g/mol. The number of carbonyl (C=O) groups excluding carboxylic acids is 1. The molecule has 8 heteroatoms. The number of carbonyl (C=O) groups is 1. The highest BCUT2D eigenvalue weighted by Gasteiger charge is 2.32. The topological polar surface area (TPSA) is 69.5 Å². The summed E-state index contributed by atoms with van der Waals surface area (Å²) < 4.78 is 12.3. The molecule has 0 saturated carbocycles. The maximum absolute atomic E-state index is 12.9. The van der Waals surface area contributed by atoms with Gasteiger partial charge in [-0.3, -0.25) is 9.48 Å². The van der Waals surface area contributed by atoms with Gasteiger partial charge in [0.05, 0.1) is 43.2 Å². The number of aromatic nitrogens is 3. The number of fused-ring (bicyclic) bond motifs is 1. The van der Waals surface area contributed by atoms with E-state index in [1.54, 1.807) is 35.2 Å². The Morgan fingerprint density at radius 1 is 1.14 bits per heavy atom. The zero-order chi connectivity index (χ0) is 19.8. The van der Waals surface area contributed by atoms with Crippen LogP contribution in [0, 0.1) is 0 Å². The number of hydrogen-bond donors (Lipinski definition) is 0. The molecule has 0 spiro atoms. The normalized spacial score (nSPS) is 13.0. The van der Waals surface area contributed by atoms with Crippen molar-refractivity contribution in [1.29, 1.82) is 0 Å². The molecule has 0 fully saturated rings. The van der Waals surface area contributed by atoms with E-state index in [0.717, 1.165) is 28.9 Å². The number of rotatable bonds is 5. The minimum atomic E-state index is -0.118. The Labute approximate surface area is 167 Å². The van der Waals surface area contributed by atoms with Crippen LogP contribution in [-0.2, 0) is 13.1 Å². The van der Waals surface area contributed by atoms with Crippen molar-refractivity contribution in [3.63, 3.8) is 0 Å². The fourth-order valence-electron chi connectivity index (χ4n) is 3.33. The molecule has 0 unspecified atom stereocenters. The second kappa shape index (κ2) is 7.16. The third-order valence-electron chi connectivity index (χ3n) is 4.78. The molecule has 0 atom stereocenters. The van der Waals surface area contributed by atoms with Crippen LogP contribution in [0.2, 0.25) is 5.02 Å². The molecule has 2 aromatic heterocycles. The Bertz CT molecular complexity index is 1060. The number of aryl methyl sites for hydroxylation is 1.